The lowest BCUT2D eigenvalue weighted by Gasteiger charge is -2.19. The second-order valence-electron chi connectivity index (χ2n) is 5.55. The van der Waals surface area contributed by atoms with E-state index >= 15 is 0 Å². The van der Waals surface area contributed by atoms with Gasteiger partial charge < -0.3 is 9.47 Å². The van der Waals surface area contributed by atoms with Crippen LogP contribution in [0.5, 0.6) is 11.5 Å². The summed E-state index contributed by atoms with van der Waals surface area (Å²) >= 11 is 0. The maximum absolute atomic E-state index is 5.46. The summed E-state index contributed by atoms with van der Waals surface area (Å²) in [5, 5.41) is 1.12. The molecule has 0 N–H and O–H groups in total. The lowest BCUT2D eigenvalue weighted by atomic mass is 9.88. The van der Waals surface area contributed by atoms with Gasteiger partial charge in [0, 0.05) is 17.0 Å². The minimum Gasteiger partial charge on any atom is -0.454 e. The fourth-order valence-corrected chi connectivity index (χ4v) is 3.27. The van der Waals surface area contributed by atoms with Crippen molar-refractivity contribution in [1.82, 2.24) is 4.98 Å². The number of hydrogen-bond donors (Lipinski definition) is 0. The molecule has 0 bridgehead atoms. The molecule has 21 heavy (non-hydrogen) atoms. The van der Waals surface area contributed by atoms with Gasteiger partial charge in [0.25, 0.3) is 0 Å². The molecule has 0 fully saturated rings. The number of pyridine rings is 1. The summed E-state index contributed by atoms with van der Waals surface area (Å²) in [6, 6.07) is 14.8. The SMILES string of the molecule is c1ccc2c(c1)CCc1cc3cc4c(cc3nc1-2)OCO4. The zero-order valence-electron chi connectivity index (χ0n) is 11.4. The summed E-state index contributed by atoms with van der Waals surface area (Å²) in [5.74, 6) is 1.61. The van der Waals surface area contributed by atoms with Gasteiger partial charge in [0.15, 0.2) is 11.5 Å². The summed E-state index contributed by atoms with van der Waals surface area (Å²) < 4.78 is 10.9. The van der Waals surface area contributed by atoms with E-state index in [1.54, 1.807) is 0 Å². The van der Waals surface area contributed by atoms with E-state index in [-0.39, 0.29) is 0 Å². The molecular weight excluding hydrogens is 262 g/mol. The molecule has 1 aliphatic carbocycles. The van der Waals surface area contributed by atoms with Crippen LogP contribution in [0, 0.1) is 0 Å². The molecule has 0 saturated carbocycles. The zero-order chi connectivity index (χ0) is 13.8. The normalized spacial score (nSPS) is 14.9. The fraction of sp³-hybridized carbons (Fsp3) is 0.167. The smallest absolute Gasteiger partial charge is 0.231 e. The van der Waals surface area contributed by atoms with E-state index < -0.39 is 0 Å². The first-order valence-electron chi connectivity index (χ1n) is 7.20. The van der Waals surface area contributed by atoms with Crippen molar-refractivity contribution in [3.05, 3.63) is 53.6 Å². The number of benzene rings is 2. The maximum Gasteiger partial charge on any atom is 0.231 e. The molecule has 3 aromatic rings. The molecule has 2 aliphatic rings. The van der Waals surface area contributed by atoms with Gasteiger partial charge in [-0.05, 0) is 36.1 Å². The summed E-state index contributed by atoms with van der Waals surface area (Å²) in [6.45, 7) is 0.300. The third-order valence-corrected chi connectivity index (χ3v) is 4.32. The van der Waals surface area contributed by atoms with Crippen molar-refractivity contribution in [2.45, 2.75) is 12.8 Å². The third-order valence-electron chi connectivity index (χ3n) is 4.32. The van der Waals surface area contributed by atoms with Crippen LogP contribution in [0.25, 0.3) is 22.2 Å². The summed E-state index contributed by atoms with van der Waals surface area (Å²) in [5.41, 5.74) is 6.05. The molecular formula is C18H13NO2. The highest BCUT2D eigenvalue weighted by atomic mass is 16.7. The Labute approximate surface area is 122 Å². The summed E-state index contributed by atoms with van der Waals surface area (Å²) in [7, 11) is 0. The first kappa shape index (κ1) is 11.1. The van der Waals surface area contributed by atoms with Crippen molar-refractivity contribution in [3.8, 4) is 22.8 Å². The lowest BCUT2D eigenvalue weighted by Crippen LogP contribution is -2.05. The molecule has 0 saturated heterocycles. The average molecular weight is 275 g/mol. The minimum absolute atomic E-state index is 0.300. The molecule has 102 valence electrons. The Balaban J connectivity index is 1.80. The largest absolute Gasteiger partial charge is 0.454 e. The van der Waals surface area contributed by atoms with Gasteiger partial charge in [-0.3, -0.25) is 0 Å². The number of fused-ring (bicyclic) bond motifs is 5. The van der Waals surface area contributed by atoms with Crippen LogP contribution in [0.3, 0.4) is 0 Å². The maximum atomic E-state index is 5.46. The van der Waals surface area contributed by atoms with Gasteiger partial charge in [0.05, 0.1) is 11.2 Å². The molecule has 2 heterocycles. The molecule has 2 aromatic carbocycles. The molecule has 0 spiro atoms. The number of rotatable bonds is 0. The van der Waals surface area contributed by atoms with Gasteiger partial charge in [0.1, 0.15) is 0 Å². The Kier molecular flexibility index (Phi) is 2.11. The average Bonchev–Trinajstić information content (AvgIpc) is 2.97. The van der Waals surface area contributed by atoms with E-state index in [2.05, 4.69) is 30.3 Å². The Morgan fingerprint density at radius 1 is 0.857 bits per heavy atom. The van der Waals surface area contributed by atoms with Crippen LogP contribution in [0.2, 0.25) is 0 Å². The predicted octanol–water partition coefficient (Wildman–Crippen LogP) is 3.73. The highest BCUT2D eigenvalue weighted by Gasteiger charge is 2.20. The van der Waals surface area contributed by atoms with E-state index in [4.69, 9.17) is 14.5 Å². The van der Waals surface area contributed by atoms with Crippen LogP contribution in [0.1, 0.15) is 11.1 Å². The van der Waals surface area contributed by atoms with Crippen LogP contribution in [-0.4, -0.2) is 11.8 Å². The van der Waals surface area contributed by atoms with Crippen molar-refractivity contribution in [3.63, 3.8) is 0 Å². The second-order valence-corrected chi connectivity index (χ2v) is 5.55. The molecule has 1 aliphatic heterocycles. The highest BCUT2D eigenvalue weighted by Crippen LogP contribution is 2.39. The van der Waals surface area contributed by atoms with Crippen LogP contribution in [0.4, 0.5) is 0 Å². The number of hydrogen-bond acceptors (Lipinski definition) is 3. The molecule has 3 heteroatoms. The van der Waals surface area contributed by atoms with E-state index in [1.165, 1.54) is 16.7 Å². The second kappa shape index (κ2) is 3.98. The third kappa shape index (κ3) is 1.57. The predicted molar refractivity (Wildman–Crippen MR) is 80.7 cm³/mol. The van der Waals surface area contributed by atoms with Crippen LogP contribution in [-0.2, 0) is 12.8 Å². The van der Waals surface area contributed by atoms with Gasteiger partial charge in [-0.2, -0.15) is 0 Å². The van der Waals surface area contributed by atoms with Crippen LogP contribution in [0.15, 0.2) is 42.5 Å². The minimum atomic E-state index is 0.300. The van der Waals surface area contributed by atoms with Gasteiger partial charge >= 0.3 is 0 Å². The van der Waals surface area contributed by atoms with Crippen molar-refractivity contribution in [2.24, 2.45) is 0 Å². The Morgan fingerprint density at radius 3 is 2.62 bits per heavy atom. The van der Waals surface area contributed by atoms with Gasteiger partial charge in [0.2, 0.25) is 6.79 Å². The number of aromatic nitrogens is 1. The first-order valence-corrected chi connectivity index (χ1v) is 7.20. The highest BCUT2D eigenvalue weighted by molar-refractivity contribution is 5.87. The van der Waals surface area contributed by atoms with Crippen molar-refractivity contribution in [1.29, 1.82) is 0 Å². The Hall–Kier alpha value is -2.55. The molecule has 5 rings (SSSR count). The summed E-state index contributed by atoms with van der Waals surface area (Å²) in [4.78, 5) is 4.90. The fourth-order valence-electron chi connectivity index (χ4n) is 3.27. The molecule has 3 nitrogen and oxygen atoms in total. The zero-order valence-corrected chi connectivity index (χ0v) is 11.4. The monoisotopic (exact) mass is 275 g/mol. The van der Waals surface area contributed by atoms with E-state index in [9.17, 15) is 0 Å². The molecule has 0 radical (unpaired) electrons. The standard InChI is InChI=1S/C18H13NO2/c1-2-4-14-11(3-1)5-6-12-7-13-8-16-17(21-10-20-16)9-15(13)19-18(12)14/h1-4,7-9H,5-6,10H2. The number of aryl methyl sites for hydroxylation is 2. The van der Waals surface area contributed by atoms with Crippen molar-refractivity contribution in [2.75, 3.05) is 6.79 Å². The molecule has 0 atom stereocenters. The number of ether oxygens (including phenoxy) is 2. The Morgan fingerprint density at radius 2 is 1.67 bits per heavy atom. The topological polar surface area (TPSA) is 31.4 Å². The van der Waals surface area contributed by atoms with Crippen molar-refractivity contribution >= 4 is 10.9 Å². The van der Waals surface area contributed by atoms with Gasteiger partial charge in [-0.25, -0.2) is 4.98 Å². The molecule has 1 aromatic heterocycles. The number of nitrogens with zero attached hydrogens (tertiary/aromatic N) is 1. The molecule has 0 unspecified atom stereocenters. The van der Waals surface area contributed by atoms with Crippen LogP contribution >= 0.6 is 0 Å². The van der Waals surface area contributed by atoms with Gasteiger partial charge in [-0.15, -0.1) is 0 Å². The quantitative estimate of drug-likeness (QED) is 0.626. The van der Waals surface area contributed by atoms with Crippen LogP contribution < -0.4 is 9.47 Å². The van der Waals surface area contributed by atoms with E-state index in [0.29, 0.717) is 6.79 Å². The lowest BCUT2D eigenvalue weighted by molar-refractivity contribution is 0.174. The van der Waals surface area contributed by atoms with Gasteiger partial charge in [-0.1, -0.05) is 24.3 Å². The van der Waals surface area contributed by atoms with Crippen molar-refractivity contribution < 1.29 is 9.47 Å². The van der Waals surface area contributed by atoms with E-state index in [0.717, 1.165) is 40.9 Å². The first-order chi connectivity index (χ1) is 10.4. The van der Waals surface area contributed by atoms with E-state index in [1.807, 2.05) is 12.1 Å². The Bertz CT molecular complexity index is 886. The summed E-state index contributed by atoms with van der Waals surface area (Å²) in [6.07, 6.45) is 2.13. The molecule has 0 amide bonds.